The molecule has 1 aliphatic carbocycles. The summed E-state index contributed by atoms with van der Waals surface area (Å²) < 4.78 is 0.386. The number of aromatic hydroxyl groups is 1. The van der Waals surface area contributed by atoms with Gasteiger partial charge in [-0.3, -0.25) is 14.4 Å². The van der Waals surface area contributed by atoms with Crippen LogP contribution in [0.4, 0.5) is 0 Å². The van der Waals surface area contributed by atoms with Gasteiger partial charge in [-0.1, -0.05) is 18.2 Å². The van der Waals surface area contributed by atoms with Gasteiger partial charge in [-0.05, 0) is 54.0 Å². The van der Waals surface area contributed by atoms with Crippen molar-refractivity contribution < 1.29 is 19.5 Å². The third kappa shape index (κ3) is 3.01. The molecule has 1 aromatic heterocycles. The topological polar surface area (TPSA) is 87.6 Å². The maximum Gasteiger partial charge on any atom is 0.253 e. The molecule has 2 aromatic carbocycles. The van der Waals surface area contributed by atoms with Crippen LogP contribution >= 0.6 is 15.9 Å². The molecule has 30 heavy (non-hydrogen) atoms. The number of carbonyl (C=O) groups excluding carboxylic acids is 3. The molecule has 1 unspecified atom stereocenters. The van der Waals surface area contributed by atoms with E-state index in [1.54, 1.807) is 29.2 Å². The Hall–Kier alpha value is -3.06. The van der Waals surface area contributed by atoms with Gasteiger partial charge in [0, 0.05) is 35.2 Å². The number of hydrogen-bond donors (Lipinski definition) is 1. The van der Waals surface area contributed by atoms with Crippen molar-refractivity contribution in [3.63, 3.8) is 0 Å². The van der Waals surface area contributed by atoms with Gasteiger partial charge in [0.1, 0.15) is 11.6 Å². The van der Waals surface area contributed by atoms with Gasteiger partial charge in [0.15, 0.2) is 17.3 Å². The lowest BCUT2D eigenvalue weighted by Gasteiger charge is -2.18. The van der Waals surface area contributed by atoms with Crippen LogP contribution in [0, 0.1) is 0 Å². The standard InChI is InChI=1S/C23H19BrN2O4/c1-3-26(4-2)23(30)12-9-10-13-15(11-12)21(28)17(20(13)27)19-22(29)18(24)14-7-5-6-8-16(14)25-19/h5-11,17,29H,3-4H2,1-2H3. The largest absolute Gasteiger partial charge is 0.505 e. The Morgan fingerprint density at radius 2 is 1.73 bits per heavy atom. The fourth-order valence-electron chi connectivity index (χ4n) is 3.85. The summed E-state index contributed by atoms with van der Waals surface area (Å²) in [6.45, 7) is 4.85. The maximum absolute atomic E-state index is 13.2. The molecule has 0 aliphatic heterocycles. The Morgan fingerprint density at radius 1 is 1.07 bits per heavy atom. The van der Waals surface area contributed by atoms with Crippen molar-refractivity contribution in [1.82, 2.24) is 9.88 Å². The van der Waals surface area contributed by atoms with Crippen LogP contribution < -0.4 is 0 Å². The van der Waals surface area contributed by atoms with Gasteiger partial charge >= 0.3 is 0 Å². The highest BCUT2D eigenvalue weighted by atomic mass is 79.9. The quantitative estimate of drug-likeness (QED) is 0.577. The number of nitrogens with zero attached hydrogens (tertiary/aromatic N) is 2. The number of hydrogen-bond acceptors (Lipinski definition) is 5. The average Bonchev–Trinajstić information content (AvgIpc) is 3.01. The van der Waals surface area contributed by atoms with Gasteiger partial charge in [0.25, 0.3) is 5.91 Å². The van der Waals surface area contributed by atoms with E-state index in [1.807, 2.05) is 19.9 Å². The van der Waals surface area contributed by atoms with E-state index in [4.69, 9.17) is 0 Å². The van der Waals surface area contributed by atoms with Gasteiger partial charge < -0.3 is 10.0 Å². The number of aromatic nitrogens is 1. The lowest BCUT2D eigenvalue weighted by atomic mass is 9.97. The number of benzene rings is 2. The van der Waals surface area contributed by atoms with Gasteiger partial charge in [-0.15, -0.1) is 0 Å². The average molecular weight is 467 g/mol. The summed E-state index contributed by atoms with van der Waals surface area (Å²) >= 11 is 3.35. The summed E-state index contributed by atoms with van der Waals surface area (Å²) in [5.74, 6) is -2.55. The molecule has 4 rings (SSSR count). The number of pyridine rings is 1. The molecular formula is C23H19BrN2O4. The molecule has 1 amide bonds. The van der Waals surface area contributed by atoms with E-state index in [2.05, 4.69) is 20.9 Å². The lowest BCUT2D eigenvalue weighted by Crippen LogP contribution is -2.30. The second-order valence-corrected chi connectivity index (χ2v) is 7.87. The zero-order chi connectivity index (χ0) is 21.6. The van der Waals surface area contributed by atoms with Crippen LogP contribution in [0.15, 0.2) is 46.9 Å². The van der Waals surface area contributed by atoms with E-state index in [0.29, 0.717) is 34.0 Å². The van der Waals surface area contributed by atoms with E-state index in [9.17, 15) is 19.5 Å². The number of ketones is 2. The van der Waals surface area contributed by atoms with E-state index < -0.39 is 17.5 Å². The van der Waals surface area contributed by atoms with Gasteiger partial charge in [0.05, 0.1) is 9.99 Å². The summed E-state index contributed by atoms with van der Waals surface area (Å²) in [7, 11) is 0. The Morgan fingerprint density at radius 3 is 2.43 bits per heavy atom. The van der Waals surface area contributed by atoms with Crippen molar-refractivity contribution in [3.8, 4) is 5.75 Å². The molecule has 1 heterocycles. The first kappa shape index (κ1) is 20.2. The van der Waals surface area contributed by atoms with Crippen LogP contribution in [0.2, 0.25) is 0 Å². The summed E-state index contributed by atoms with van der Waals surface area (Å²) in [6.07, 6.45) is 0. The maximum atomic E-state index is 13.2. The highest BCUT2D eigenvalue weighted by molar-refractivity contribution is 9.10. The Kier molecular flexibility index (Phi) is 5.15. The normalized spacial score (nSPS) is 15.5. The molecule has 0 saturated carbocycles. The molecule has 1 N–H and O–H groups in total. The minimum Gasteiger partial charge on any atom is -0.505 e. The molecule has 7 heteroatoms. The number of Topliss-reactive ketones (excluding diaryl/α,β-unsaturated/α-hetero) is 2. The first-order chi connectivity index (χ1) is 14.4. The number of rotatable bonds is 4. The first-order valence-corrected chi connectivity index (χ1v) is 10.5. The van der Waals surface area contributed by atoms with Gasteiger partial charge in [-0.2, -0.15) is 0 Å². The molecular weight excluding hydrogens is 448 g/mol. The molecule has 0 saturated heterocycles. The molecule has 0 radical (unpaired) electrons. The van der Waals surface area contributed by atoms with Crippen LogP contribution in [0.1, 0.15) is 56.5 Å². The van der Waals surface area contributed by atoms with Crippen molar-refractivity contribution in [3.05, 3.63) is 69.3 Å². The molecule has 0 spiro atoms. The van der Waals surface area contributed by atoms with E-state index in [1.165, 1.54) is 12.1 Å². The van der Waals surface area contributed by atoms with Gasteiger partial charge in [-0.25, -0.2) is 4.98 Å². The fourth-order valence-corrected chi connectivity index (χ4v) is 4.39. The van der Waals surface area contributed by atoms with Crippen molar-refractivity contribution in [2.24, 2.45) is 0 Å². The van der Waals surface area contributed by atoms with E-state index >= 15 is 0 Å². The molecule has 1 atom stereocenters. The van der Waals surface area contributed by atoms with Crippen molar-refractivity contribution in [2.45, 2.75) is 19.8 Å². The number of para-hydroxylation sites is 1. The van der Waals surface area contributed by atoms with Gasteiger partial charge in [0.2, 0.25) is 0 Å². The van der Waals surface area contributed by atoms with Crippen LogP contribution in [-0.4, -0.2) is 45.6 Å². The number of halogens is 1. The Bertz CT molecular complexity index is 1220. The van der Waals surface area contributed by atoms with Crippen molar-refractivity contribution >= 4 is 44.3 Å². The van der Waals surface area contributed by atoms with Crippen LogP contribution in [0.5, 0.6) is 5.75 Å². The predicted octanol–water partition coefficient (Wildman–Crippen LogP) is 4.35. The van der Waals surface area contributed by atoms with E-state index in [-0.39, 0.29) is 28.5 Å². The third-order valence-electron chi connectivity index (χ3n) is 5.48. The van der Waals surface area contributed by atoms with Crippen molar-refractivity contribution in [2.75, 3.05) is 13.1 Å². The molecule has 6 nitrogen and oxygen atoms in total. The summed E-state index contributed by atoms with van der Waals surface area (Å²) in [4.78, 5) is 45.0. The molecule has 1 aliphatic rings. The molecule has 3 aromatic rings. The molecule has 0 fully saturated rings. The zero-order valence-corrected chi connectivity index (χ0v) is 18.1. The molecule has 152 valence electrons. The smallest absolute Gasteiger partial charge is 0.253 e. The lowest BCUT2D eigenvalue weighted by molar-refractivity contribution is 0.0772. The Labute approximate surface area is 181 Å². The van der Waals surface area contributed by atoms with Crippen molar-refractivity contribution in [1.29, 1.82) is 0 Å². The highest BCUT2D eigenvalue weighted by Crippen LogP contribution is 2.42. The second-order valence-electron chi connectivity index (χ2n) is 7.08. The van der Waals surface area contributed by atoms with E-state index in [0.717, 1.165) is 0 Å². The first-order valence-electron chi connectivity index (χ1n) is 9.67. The van der Waals surface area contributed by atoms with Crippen LogP contribution in [0.3, 0.4) is 0 Å². The molecule has 0 bridgehead atoms. The third-order valence-corrected chi connectivity index (χ3v) is 6.28. The Balaban J connectivity index is 1.80. The fraction of sp³-hybridized carbons (Fsp3) is 0.217. The number of carbonyl (C=O) groups is 3. The second kappa shape index (κ2) is 7.65. The SMILES string of the molecule is CCN(CC)C(=O)c1ccc2c(c1)C(=O)C(c1nc3ccccc3c(Br)c1O)C2=O. The number of fused-ring (bicyclic) bond motifs is 2. The van der Waals surface area contributed by atoms with Crippen LogP contribution in [-0.2, 0) is 0 Å². The van der Waals surface area contributed by atoms with Crippen LogP contribution in [0.25, 0.3) is 10.9 Å². The summed E-state index contributed by atoms with van der Waals surface area (Å²) in [5, 5.41) is 11.4. The zero-order valence-electron chi connectivity index (χ0n) is 16.5. The summed E-state index contributed by atoms with van der Waals surface area (Å²) in [5.41, 5.74) is 1.37. The monoisotopic (exact) mass is 466 g/mol. The predicted molar refractivity (Wildman–Crippen MR) is 116 cm³/mol. The minimum atomic E-state index is -1.24. The number of amides is 1. The minimum absolute atomic E-state index is 0.0170. The summed E-state index contributed by atoms with van der Waals surface area (Å²) in [6, 6.07) is 11.7. The highest BCUT2D eigenvalue weighted by Gasteiger charge is 2.43.